The standard InChI is InChI=1S/C21H20ClN3O/c22-21-18-5-2-1-4-17(18)12-19(24-21)23-13-15-7-9-16(10-8-15)14-25-11-3-6-20(25)26/h1-2,4-5,7-10,12H,3,6,11,13-14H2,(H,23,24). The van der Waals surface area contributed by atoms with Crippen LogP contribution in [-0.4, -0.2) is 22.3 Å². The average molecular weight is 366 g/mol. The Labute approximate surface area is 157 Å². The van der Waals surface area contributed by atoms with Crippen molar-refractivity contribution in [1.29, 1.82) is 0 Å². The zero-order valence-corrected chi connectivity index (χ0v) is 15.2. The van der Waals surface area contributed by atoms with Crippen LogP contribution < -0.4 is 5.32 Å². The summed E-state index contributed by atoms with van der Waals surface area (Å²) in [6.45, 7) is 2.25. The van der Waals surface area contributed by atoms with Crippen molar-refractivity contribution in [3.63, 3.8) is 0 Å². The molecule has 0 unspecified atom stereocenters. The van der Waals surface area contributed by atoms with Gasteiger partial charge in [-0.15, -0.1) is 0 Å². The van der Waals surface area contributed by atoms with Crippen molar-refractivity contribution in [2.24, 2.45) is 0 Å². The molecule has 132 valence electrons. The summed E-state index contributed by atoms with van der Waals surface area (Å²) in [7, 11) is 0. The average Bonchev–Trinajstić information content (AvgIpc) is 3.06. The van der Waals surface area contributed by atoms with E-state index in [2.05, 4.69) is 34.6 Å². The number of halogens is 1. The number of nitrogens with zero attached hydrogens (tertiary/aromatic N) is 2. The predicted molar refractivity (Wildman–Crippen MR) is 105 cm³/mol. The second-order valence-electron chi connectivity index (χ2n) is 6.61. The Morgan fingerprint density at radius 3 is 2.62 bits per heavy atom. The molecule has 1 aliphatic rings. The number of amides is 1. The minimum atomic E-state index is 0.259. The molecule has 4 rings (SSSR count). The maximum atomic E-state index is 11.7. The van der Waals surface area contributed by atoms with Crippen LogP contribution in [0.15, 0.2) is 54.6 Å². The van der Waals surface area contributed by atoms with Crippen molar-refractivity contribution >= 4 is 34.1 Å². The monoisotopic (exact) mass is 365 g/mol. The molecule has 0 spiro atoms. The van der Waals surface area contributed by atoms with E-state index < -0.39 is 0 Å². The molecule has 4 nitrogen and oxygen atoms in total. The molecule has 1 aliphatic heterocycles. The lowest BCUT2D eigenvalue weighted by Crippen LogP contribution is -2.23. The number of nitrogens with one attached hydrogen (secondary N) is 1. The molecule has 0 saturated carbocycles. The van der Waals surface area contributed by atoms with E-state index >= 15 is 0 Å². The summed E-state index contributed by atoms with van der Waals surface area (Å²) in [6, 6.07) is 18.3. The normalized spacial score (nSPS) is 14.2. The van der Waals surface area contributed by atoms with Crippen LogP contribution in [0.5, 0.6) is 0 Å². The topological polar surface area (TPSA) is 45.2 Å². The second kappa shape index (κ2) is 7.34. The lowest BCUT2D eigenvalue weighted by Gasteiger charge is -2.15. The van der Waals surface area contributed by atoms with Crippen LogP contribution in [0.25, 0.3) is 10.8 Å². The van der Waals surface area contributed by atoms with Gasteiger partial charge in [-0.2, -0.15) is 0 Å². The lowest BCUT2D eigenvalue weighted by molar-refractivity contribution is -0.128. The number of carbonyl (C=O) groups is 1. The zero-order chi connectivity index (χ0) is 17.9. The summed E-state index contributed by atoms with van der Waals surface area (Å²) in [5.41, 5.74) is 2.32. The maximum absolute atomic E-state index is 11.7. The molecule has 0 atom stereocenters. The van der Waals surface area contributed by atoms with Gasteiger partial charge in [0.05, 0.1) is 0 Å². The summed E-state index contributed by atoms with van der Waals surface area (Å²) >= 11 is 6.27. The van der Waals surface area contributed by atoms with Crippen molar-refractivity contribution in [1.82, 2.24) is 9.88 Å². The first-order chi connectivity index (χ1) is 12.7. The van der Waals surface area contributed by atoms with E-state index in [0.717, 1.165) is 40.7 Å². The van der Waals surface area contributed by atoms with Gasteiger partial charge < -0.3 is 10.2 Å². The first kappa shape index (κ1) is 16.9. The zero-order valence-electron chi connectivity index (χ0n) is 14.4. The molecule has 1 fully saturated rings. The van der Waals surface area contributed by atoms with Gasteiger partial charge in [0.2, 0.25) is 5.91 Å². The highest BCUT2D eigenvalue weighted by Crippen LogP contribution is 2.24. The second-order valence-corrected chi connectivity index (χ2v) is 6.97. The molecule has 0 radical (unpaired) electrons. The van der Waals surface area contributed by atoms with E-state index in [9.17, 15) is 4.79 Å². The fourth-order valence-electron chi connectivity index (χ4n) is 3.29. The van der Waals surface area contributed by atoms with E-state index in [0.29, 0.717) is 24.7 Å². The Morgan fingerprint density at radius 1 is 1.08 bits per heavy atom. The minimum absolute atomic E-state index is 0.259. The number of benzene rings is 2. The van der Waals surface area contributed by atoms with E-state index in [1.54, 1.807) is 0 Å². The van der Waals surface area contributed by atoms with Crippen molar-refractivity contribution < 1.29 is 4.79 Å². The van der Waals surface area contributed by atoms with E-state index in [1.165, 1.54) is 0 Å². The fourth-order valence-corrected chi connectivity index (χ4v) is 3.56. The highest BCUT2D eigenvalue weighted by molar-refractivity contribution is 6.34. The van der Waals surface area contributed by atoms with Crippen molar-refractivity contribution in [3.8, 4) is 0 Å². The molecule has 26 heavy (non-hydrogen) atoms. The highest BCUT2D eigenvalue weighted by atomic mass is 35.5. The molecule has 1 amide bonds. The SMILES string of the molecule is O=C1CCCN1Cc1ccc(CNc2cc3ccccc3c(Cl)n2)cc1. The molecule has 2 heterocycles. The van der Waals surface area contributed by atoms with Gasteiger partial charge in [0.15, 0.2) is 0 Å². The Morgan fingerprint density at radius 2 is 1.85 bits per heavy atom. The largest absolute Gasteiger partial charge is 0.366 e. The number of aromatic nitrogens is 1. The summed E-state index contributed by atoms with van der Waals surface area (Å²) < 4.78 is 0. The van der Waals surface area contributed by atoms with Gasteiger partial charge in [0.25, 0.3) is 0 Å². The highest BCUT2D eigenvalue weighted by Gasteiger charge is 2.19. The third-order valence-corrected chi connectivity index (χ3v) is 5.02. The van der Waals surface area contributed by atoms with Crippen LogP contribution >= 0.6 is 11.6 Å². The first-order valence-corrected chi connectivity index (χ1v) is 9.21. The van der Waals surface area contributed by atoms with Gasteiger partial charge in [0.1, 0.15) is 11.0 Å². The Balaban J connectivity index is 1.41. The lowest BCUT2D eigenvalue weighted by atomic mass is 10.1. The molecule has 1 N–H and O–H groups in total. The predicted octanol–water partition coefficient (Wildman–Crippen LogP) is 4.62. The quantitative estimate of drug-likeness (QED) is 0.671. The fraction of sp³-hybridized carbons (Fsp3) is 0.238. The molecule has 0 aliphatic carbocycles. The van der Waals surface area contributed by atoms with Crippen LogP contribution in [0.2, 0.25) is 5.15 Å². The number of rotatable bonds is 5. The van der Waals surface area contributed by atoms with Gasteiger partial charge in [-0.3, -0.25) is 4.79 Å². The minimum Gasteiger partial charge on any atom is -0.366 e. The first-order valence-electron chi connectivity index (χ1n) is 8.84. The van der Waals surface area contributed by atoms with Crippen molar-refractivity contribution in [2.45, 2.75) is 25.9 Å². The van der Waals surface area contributed by atoms with E-state index in [4.69, 9.17) is 11.6 Å². The summed E-state index contributed by atoms with van der Waals surface area (Å²) in [5, 5.41) is 5.87. The van der Waals surface area contributed by atoms with Crippen LogP contribution in [0.3, 0.4) is 0 Å². The van der Waals surface area contributed by atoms with E-state index in [1.807, 2.05) is 35.2 Å². The number of fused-ring (bicyclic) bond motifs is 1. The molecular weight excluding hydrogens is 346 g/mol. The third kappa shape index (κ3) is 3.65. The van der Waals surface area contributed by atoms with Crippen LogP contribution in [0.1, 0.15) is 24.0 Å². The van der Waals surface area contributed by atoms with Gasteiger partial charge in [-0.05, 0) is 29.0 Å². The number of anilines is 1. The van der Waals surface area contributed by atoms with Gasteiger partial charge in [-0.1, -0.05) is 60.1 Å². The Bertz CT molecular complexity index is 940. The number of carbonyl (C=O) groups excluding carboxylic acids is 1. The summed E-state index contributed by atoms with van der Waals surface area (Å²) in [5.74, 6) is 1.02. The molecule has 2 aromatic carbocycles. The Kier molecular flexibility index (Phi) is 4.76. The third-order valence-electron chi connectivity index (χ3n) is 4.74. The number of hydrogen-bond donors (Lipinski definition) is 1. The number of hydrogen-bond acceptors (Lipinski definition) is 3. The molecular formula is C21H20ClN3O. The number of likely N-dealkylation sites (tertiary alicyclic amines) is 1. The molecule has 3 aromatic rings. The van der Waals surface area contributed by atoms with Gasteiger partial charge in [0, 0.05) is 31.4 Å². The van der Waals surface area contributed by atoms with E-state index in [-0.39, 0.29) is 5.91 Å². The van der Waals surface area contributed by atoms with Crippen molar-refractivity contribution in [2.75, 3.05) is 11.9 Å². The Hall–Kier alpha value is -2.59. The van der Waals surface area contributed by atoms with Crippen LogP contribution in [-0.2, 0) is 17.9 Å². The van der Waals surface area contributed by atoms with Gasteiger partial charge in [-0.25, -0.2) is 4.98 Å². The summed E-state index contributed by atoms with van der Waals surface area (Å²) in [6.07, 6.45) is 1.66. The maximum Gasteiger partial charge on any atom is 0.222 e. The molecule has 0 bridgehead atoms. The molecule has 1 aromatic heterocycles. The number of pyridine rings is 1. The smallest absolute Gasteiger partial charge is 0.222 e. The van der Waals surface area contributed by atoms with Gasteiger partial charge >= 0.3 is 0 Å². The summed E-state index contributed by atoms with van der Waals surface area (Å²) in [4.78, 5) is 18.1. The van der Waals surface area contributed by atoms with Crippen LogP contribution in [0.4, 0.5) is 5.82 Å². The van der Waals surface area contributed by atoms with Crippen molar-refractivity contribution in [3.05, 3.63) is 70.9 Å². The molecule has 5 heteroatoms. The molecule has 1 saturated heterocycles. The van der Waals surface area contributed by atoms with Crippen LogP contribution in [0, 0.1) is 0 Å².